The number of ether oxygens (including phenoxy) is 1. The van der Waals surface area contributed by atoms with Gasteiger partial charge in [-0.2, -0.15) is 5.26 Å². The van der Waals surface area contributed by atoms with Crippen molar-refractivity contribution in [2.75, 3.05) is 13.2 Å². The first-order valence-electron chi connectivity index (χ1n) is 6.93. The number of H-pyrrole nitrogens is 1. The molecule has 0 aliphatic rings. The summed E-state index contributed by atoms with van der Waals surface area (Å²) in [4.78, 5) is 30.5. The summed E-state index contributed by atoms with van der Waals surface area (Å²) < 4.78 is 4.69. The van der Waals surface area contributed by atoms with E-state index in [4.69, 9.17) is 4.74 Å². The van der Waals surface area contributed by atoms with Gasteiger partial charge in [-0.3, -0.25) is 4.79 Å². The third-order valence-electron chi connectivity index (χ3n) is 3.05. The normalized spacial score (nSPS) is 11.6. The molecule has 1 amide bonds. The fraction of sp³-hybridized carbons (Fsp3) is 0.333. The maximum atomic E-state index is 12.1. The number of hydrogen-bond donors (Lipinski definition) is 2. The number of alkyl carbamates (subject to hydrolysis) is 1. The highest BCUT2D eigenvalue weighted by Crippen LogP contribution is 2.18. The predicted octanol–water partition coefficient (Wildman–Crippen LogP) is 1.88. The van der Waals surface area contributed by atoms with Gasteiger partial charge in [0.2, 0.25) is 0 Å². The number of benzene rings is 1. The highest BCUT2D eigenvalue weighted by atomic mass is 16.5. The van der Waals surface area contributed by atoms with E-state index >= 15 is 0 Å². The average molecular weight is 300 g/mol. The lowest BCUT2D eigenvalue weighted by Gasteiger charge is -2.07. The molecule has 114 valence electrons. The van der Waals surface area contributed by atoms with E-state index in [9.17, 15) is 14.9 Å². The molecule has 7 nitrogen and oxygen atoms in total. The van der Waals surface area contributed by atoms with Crippen molar-refractivity contribution in [3.8, 4) is 6.07 Å². The van der Waals surface area contributed by atoms with Crippen molar-refractivity contribution >= 4 is 22.9 Å². The molecule has 1 heterocycles. The van der Waals surface area contributed by atoms with Crippen LogP contribution in [0.4, 0.5) is 4.79 Å². The standard InChI is InChI=1S/C15H16N4O3/c1-2-22-15(21)17-8-7-13(20)10(9-16)14-18-11-5-3-4-6-12(11)19-14/h3-6,10H,2,7-8H2,1H3,(H,17,21)(H,18,19)/t10-/m0/s1. The Morgan fingerprint density at radius 2 is 2.23 bits per heavy atom. The number of aromatic amines is 1. The van der Waals surface area contributed by atoms with Crippen LogP contribution in [0.3, 0.4) is 0 Å². The van der Waals surface area contributed by atoms with Gasteiger partial charge >= 0.3 is 6.09 Å². The Morgan fingerprint density at radius 1 is 1.45 bits per heavy atom. The molecular formula is C15H16N4O3. The number of aromatic nitrogens is 2. The fourth-order valence-electron chi connectivity index (χ4n) is 2.01. The van der Waals surface area contributed by atoms with Crippen LogP contribution in [0.15, 0.2) is 24.3 Å². The predicted molar refractivity (Wildman–Crippen MR) is 79.1 cm³/mol. The molecule has 1 aromatic heterocycles. The van der Waals surface area contributed by atoms with Gasteiger partial charge in [0.25, 0.3) is 0 Å². The van der Waals surface area contributed by atoms with Crippen LogP contribution in [0.25, 0.3) is 11.0 Å². The van der Waals surface area contributed by atoms with Gasteiger partial charge in [0, 0.05) is 13.0 Å². The molecule has 0 radical (unpaired) electrons. The van der Waals surface area contributed by atoms with E-state index < -0.39 is 12.0 Å². The zero-order valence-electron chi connectivity index (χ0n) is 12.1. The van der Waals surface area contributed by atoms with E-state index in [0.717, 1.165) is 5.52 Å². The molecule has 1 atom stereocenters. The van der Waals surface area contributed by atoms with Crippen LogP contribution in [-0.2, 0) is 9.53 Å². The number of carbonyl (C=O) groups excluding carboxylic acids is 2. The minimum absolute atomic E-state index is 0.0358. The van der Waals surface area contributed by atoms with Gasteiger partial charge in [-0.25, -0.2) is 9.78 Å². The van der Waals surface area contributed by atoms with Crippen LogP contribution < -0.4 is 5.32 Å². The molecule has 7 heteroatoms. The first-order valence-corrected chi connectivity index (χ1v) is 6.93. The first kappa shape index (κ1) is 15.5. The SMILES string of the molecule is CCOC(=O)NCCC(=O)[C@H](C#N)c1nc2ccccc2[nH]1. The molecule has 0 spiro atoms. The van der Waals surface area contributed by atoms with Crippen molar-refractivity contribution in [1.82, 2.24) is 15.3 Å². The summed E-state index contributed by atoms with van der Waals surface area (Å²) in [6.45, 7) is 2.08. The number of para-hydroxylation sites is 2. The van der Waals surface area contributed by atoms with E-state index in [1.807, 2.05) is 24.3 Å². The van der Waals surface area contributed by atoms with E-state index in [2.05, 4.69) is 15.3 Å². The Hall–Kier alpha value is -2.88. The van der Waals surface area contributed by atoms with Crippen LogP contribution in [0.1, 0.15) is 25.1 Å². The molecule has 2 aromatic rings. The van der Waals surface area contributed by atoms with Gasteiger partial charge < -0.3 is 15.0 Å². The number of fused-ring (bicyclic) bond motifs is 1. The van der Waals surface area contributed by atoms with Gasteiger partial charge in [-0.15, -0.1) is 0 Å². The third kappa shape index (κ3) is 3.61. The van der Waals surface area contributed by atoms with Crippen LogP contribution >= 0.6 is 0 Å². The molecule has 2 N–H and O–H groups in total. The second-order valence-corrected chi connectivity index (χ2v) is 4.56. The summed E-state index contributed by atoms with van der Waals surface area (Å²) in [5, 5.41) is 11.7. The molecule has 22 heavy (non-hydrogen) atoms. The third-order valence-corrected chi connectivity index (χ3v) is 3.05. The minimum atomic E-state index is -0.976. The van der Waals surface area contributed by atoms with Gasteiger partial charge in [0.1, 0.15) is 5.82 Å². The zero-order chi connectivity index (χ0) is 15.9. The molecule has 0 aliphatic carbocycles. The molecule has 0 bridgehead atoms. The Labute approximate surface area is 127 Å². The average Bonchev–Trinajstić information content (AvgIpc) is 2.91. The van der Waals surface area contributed by atoms with Gasteiger partial charge in [0.05, 0.1) is 23.7 Å². The minimum Gasteiger partial charge on any atom is -0.450 e. The topological polar surface area (TPSA) is 108 Å². The van der Waals surface area contributed by atoms with Crippen molar-refractivity contribution in [3.05, 3.63) is 30.1 Å². The number of nitriles is 1. The van der Waals surface area contributed by atoms with E-state index in [0.29, 0.717) is 11.3 Å². The molecule has 0 aliphatic heterocycles. The van der Waals surface area contributed by atoms with Crippen molar-refractivity contribution in [3.63, 3.8) is 0 Å². The smallest absolute Gasteiger partial charge is 0.407 e. The quantitative estimate of drug-likeness (QED) is 0.846. The van der Waals surface area contributed by atoms with Crippen molar-refractivity contribution in [1.29, 1.82) is 5.26 Å². The van der Waals surface area contributed by atoms with Gasteiger partial charge in [-0.1, -0.05) is 12.1 Å². The lowest BCUT2D eigenvalue weighted by Crippen LogP contribution is -2.28. The number of Topliss-reactive ketones (excluding diaryl/α,β-unsaturated/α-hetero) is 1. The molecule has 0 saturated heterocycles. The molecule has 0 fully saturated rings. The summed E-state index contributed by atoms with van der Waals surface area (Å²) in [6, 6.07) is 9.26. The summed E-state index contributed by atoms with van der Waals surface area (Å²) >= 11 is 0. The number of amides is 1. The molecule has 2 rings (SSSR count). The van der Waals surface area contributed by atoms with E-state index in [1.165, 1.54) is 0 Å². The highest BCUT2D eigenvalue weighted by Gasteiger charge is 2.23. The fourth-order valence-corrected chi connectivity index (χ4v) is 2.01. The largest absolute Gasteiger partial charge is 0.450 e. The zero-order valence-corrected chi connectivity index (χ0v) is 12.1. The number of nitrogens with one attached hydrogen (secondary N) is 2. The van der Waals surface area contributed by atoms with E-state index in [1.54, 1.807) is 13.0 Å². The second kappa shape index (κ2) is 7.22. The lowest BCUT2D eigenvalue weighted by molar-refractivity contribution is -0.119. The van der Waals surface area contributed by atoms with Gasteiger partial charge in [0.15, 0.2) is 11.7 Å². The molecule has 0 unspecified atom stereocenters. The number of imidazole rings is 1. The molecule has 1 aromatic carbocycles. The van der Waals surface area contributed by atoms with Crippen molar-refractivity contribution in [2.24, 2.45) is 0 Å². The maximum Gasteiger partial charge on any atom is 0.407 e. The van der Waals surface area contributed by atoms with Crippen molar-refractivity contribution < 1.29 is 14.3 Å². The number of ketones is 1. The maximum absolute atomic E-state index is 12.1. The second-order valence-electron chi connectivity index (χ2n) is 4.56. The summed E-state index contributed by atoms with van der Waals surface area (Å²) in [5.41, 5.74) is 1.48. The number of rotatable bonds is 6. The lowest BCUT2D eigenvalue weighted by atomic mass is 10.0. The monoisotopic (exact) mass is 300 g/mol. The number of hydrogen-bond acceptors (Lipinski definition) is 5. The summed E-state index contributed by atoms with van der Waals surface area (Å²) in [5.74, 6) is -0.959. The molecular weight excluding hydrogens is 284 g/mol. The van der Waals surface area contributed by atoms with Crippen LogP contribution in [0, 0.1) is 11.3 Å². The highest BCUT2D eigenvalue weighted by molar-refractivity contribution is 5.89. The van der Waals surface area contributed by atoms with Crippen molar-refractivity contribution in [2.45, 2.75) is 19.3 Å². The first-order chi connectivity index (χ1) is 10.7. The van der Waals surface area contributed by atoms with E-state index in [-0.39, 0.29) is 25.4 Å². The molecule has 0 saturated carbocycles. The Kier molecular flexibility index (Phi) is 5.09. The Morgan fingerprint density at radius 3 is 2.91 bits per heavy atom. The summed E-state index contributed by atoms with van der Waals surface area (Å²) in [7, 11) is 0. The number of nitrogens with zero attached hydrogens (tertiary/aromatic N) is 2. The van der Waals surface area contributed by atoms with Crippen LogP contribution in [-0.4, -0.2) is 35.0 Å². The Balaban J connectivity index is 2.00. The Bertz CT molecular complexity index is 684. The van der Waals surface area contributed by atoms with Crippen LogP contribution in [0.5, 0.6) is 0 Å². The summed E-state index contributed by atoms with van der Waals surface area (Å²) in [6.07, 6.45) is -0.541. The van der Waals surface area contributed by atoms with Crippen LogP contribution in [0.2, 0.25) is 0 Å². The van der Waals surface area contributed by atoms with Gasteiger partial charge in [-0.05, 0) is 19.1 Å². The number of carbonyl (C=O) groups is 2.